The SMILES string of the molecule is O=C(NCCCN1CCCC1=O)Nc1ccc(=O)[nH]n1. The highest BCUT2D eigenvalue weighted by Crippen LogP contribution is 2.09. The Kier molecular flexibility index (Phi) is 4.70. The minimum atomic E-state index is -0.391. The van der Waals surface area contributed by atoms with Crippen molar-refractivity contribution in [3.8, 4) is 0 Å². The molecule has 108 valence electrons. The van der Waals surface area contributed by atoms with Crippen LogP contribution in [0.25, 0.3) is 0 Å². The molecule has 0 saturated carbocycles. The van der Waals surface area contributed by atoms with E-state index in [0.29, 0.717) is 25.9 Å². The molecule has 8 nitrogen and oxygen atoms in total. The van der Waals surface area contributed by atoms with Crippen LogP contribution in [0.15, 0.2) is 16.9 Å². The lowest BCUT2D eigenvalue weighted by molar-refractivity contribution is -0.127. The third kappa shape index (κ3) is 4.08. The molecule has 2 rings (SSSR count). The zero-order valence-corrected chi connectivity index (χ0v) is 11.0. The van der Waals surface area contributed by atoms with Crippen LogP contribution in [0.2, 0.25) is 0 Å². The van der Waals surface area contributed by atoms with Crippen LogP contribution in [-0.4, -0.2) is 46.7 Å². The molecule has 0 unspecified atom stereocenters. The van der Waals surface area contributed by atoms with Crippen molar-refractivity contribution in [2.24, 2.45) is 0 Å². The van der Waals surface area contributed by atoms with Gasteiger partial charge in [0, 0.05) is 32.1 Å². The first kappa shape index (κ1) is 14.0. The van der Waals surface area contributed by atoms with Gasteiger partial charge in [-0.2, -0.15) is 5.10 Å². The summed E-state index contributed by atoms with van der Waals surface area (Å²) in [5, 5.41) is 11.0. The molecule has 0 aliphatic carbocycles. The van der Waals surface area contributed by atoms with Crippen LogP contribution in [0.5, 0.6) is 0 Å². The highest BCUT2D eigenvalue weighted by molar-refractivity contribution is 5.87. The molecule has 1 aliphatic rings. The number of hydrogen-bond acceptors (Lipinski definition) is 4. The normalized spacial score (nSPS) is 14.4. The van der Waals surface area contributed by atoms with Gasteiger partial charge in [-0.15, -0.1) is 0 Å². The Labute approximate surface area is 115 Å². The Morgan fingerprint density at radius 1 is 1.40 bits per heavy atom. The van der Waals surface area contributed by atoms with Gasteiger partial charge in [-0.25, -0.2) is 9.89 Å². The molecule has 1 aromatic heterocycles. The van der Waals surface area contributed by atoms with Crippen LogP contribution < -0.4 is 16.2 Å². The first-order chi connectivity index (χ1) is 9.65. The molecule has 1 fully saturated rings. The van der Waals surface area contributed by atoms with Gasteiger partial charge in [-0.3, -0.25) is 14.9 Å². The van der Waals surface area contributed by atoms with Crippen molar-refractivity contribution in [1.29, 1.82) is 0 Å². The number of aromatic nitrogens is 2. The quantitative estimate of drug-likeness (QED) is 0.654. The van der Waals surface area contributed by atoms with E-state index in [4.69, 9.17) is 0 Å². The van der Waals surface area contributed by atoms with Crippen LogP contribution in [0.3, 0.4) is 0 Å². The fourth-order valence-corrected chi connectivity index (χ4v) is 1.99. The molecule has 0 atom stereocenters. The topological polar surface area (TPSA) is 107 Å². The summed E-state index contributed by atoms with van der Waals surface area (Å²) < 4.78 is 0. The highest BCUT2D eigenvalue weighted by atomic mass is 16.2. The van der Waals surface area contributed by atoms with Gasteiger partial charge in [-0.05, 0) is 18.9 Å². The summed E-state index contributed by atoms with van der Waals surface area (Å²) in [6.45, 7) is 1.95. The lowest BCUT2D eigenvalue weighted by Crippen LogP contribution is -2.33. The predicted molar refractivity (Wildman–Crippen MR) is 72.3 cm³/mol. The largest absolute Gasteiger partial charge is 0.343 e. The number of likely N-dealkylation sites (tertiary alicyclic amines) is 1. The van der Waals surface area contributed by atoms with Gasteiger partial charge >= 0.3 is 6.03 Å². The summed E-state index contributed by atoms with van der Waals surface area (Å²) in [7, 11) is 0. The molecule has 2 heterocycles. The van der Waals surface area contributed by atoms with E-state index in [1.54, 1.807) is 0 Å². The Bertz CT molecular complexity index is 522. The van der Waals surface area contributed by atoms with Crippen molar-refractivity contribution >= 4 is 17.8 Å². The summed E-state index contributed by atoms with van der Waals surface area (Å²) in [4.78, 5) is 35.5. The van der Waals surface area contributed by atoms with Gasteiger partial charge in [0.1, 0.15) is 0 Å². The molecule has 1 saturated heterocycles. The Morgan fingerprint density at radius 2 is 2.25 bits per heavy atom. The second-order valence-corrected chi connectivity index (χ2v) is 4.53. The van der Waals surface area contributed by atoms with E-state index in [1.165, 1.54) is 12.1 Å². The average Bonchev–Trinajstić information content (AvgIpc) is 2.83. The van der Waals surface area contributed by atoms with Gasteiger partial charge in [-0.1, -0.05) is 0 Å². The summed E-state index contributed by atoms with van der Waals surface area (Å²) in [5.74, 6) is 0.462. The fourth-order valence-electron chi connectivity index (χ4n) is 1.99. The van der Waals surface area contributed by atoms with E-state index in [2.05, 4.69) is 20.8 Å². The lowest BCUT2D eigenvalue weighted by atomic mass is 10.4. The third-order valence-electron chi connectivity index (χ3n) is 2.98. The zero-order chi connectivity index (χ0) is 14.4. The molecule has 0 radical (unpaired) electrons. The first-order valence-electron chi connectivity index (χ1n) is 6.53. The van der Waals surface area contributed by atoms with Gasteiger partial charge < -0.3 is 10.2 Å². The molecular weight excluding hydrogens is 262 g/mol. The maximum atomic E-state index is 11.5. The van der Waals surface area contributed by atoms with Gasteiger partial charge in [0.05, 0.1) is 0 Å². The van der Waals surface area contributed by atoms with Crippen LogP contribution in [-0.2, 0) is 4.79 Å². The number of urea groups is 1. The molecule has 1 aromatic rings. The molecule has 0 bridgehead atoms. The number of aromatic amines is 1. The standard InChI is InChI=1S/C12H17N5O3/c18-10-5-4-9(15-16-10)14-12(20)13-6-2-8-17-7-1-3-11(17)19/h4-5H,1-3,6-8H2,(H,16,18)(H2,13,14,15,20). The number of nitrogens with one attached hydrogen (secondary N) is 3. The van der Waals surface area contributed by atoms with Crippen molar-refractivity contribution < 1.29 is 9.59 Å². The maximum absolute atomic E-state index is 11.5. The minimum absolute atomic E-state index is 0.187. The van der Waals surface area contributed by atoms with Crippen molar-refractivity contribution in [3.05, 3.63) is 22.5 Å². The number of rotatable bonds is 5. The summed E-state index contributed by atoms with van der Waals surface area (Å²) in [6, 6.07) is 2.31. The number of nitrogens with zero attached hydrogens (tertiary/aromatic N) is 2. The van der Waals surface area contributed by atoms with Gasteiger partial charge in [0.25, 0.3) is 5.56 Å². The molecule has 20 heavy (non-hydrogen) atoms. The number of H-pyrrole nitrogens is 1. The van der Waals surface area contributed by atoms with Crippen molar-refractivity contribution in [3.63, 3.8) is 0 Å². The maximum Gasteiger partial charge on any atom is 0.320 e. The first-order valence-corrected chi connectivity index (χ1v) is 6.53. The van der Waals surface area contributed by atoms with E-state index >= 15 is 0 Å². The van der Waals surface area contributed by atoms with Gasteiger partial charge in [0.15, 0.2) is 5.82 Å². The fraction of sp³-hybridized carbons (Fsp3) is 0.500. The smallest absolute Gasteiger partial charge is 0.320 e. The zero-order valence-electron chi connectivity index (χ0n) is 11.0. The number of carbonyl (C=O) groups is 2. The Morgan fingerprint density at radius 3 is 2.90 bits per heavy atom. The van der Waals surface area contributed by atoms with E-state index in [1.807, 2.05) is 4.90 Å². The van der Waals surface area contributed by atoms with Crippen molar-refractivity contribution in [2.75, 3.05) is 25.0 Å². The number of carbonyl (C=O) groups excluding carboxylic acids is 2. The molecule has 3 amide bonds. The Balaban J connectivity index is 1.64. The molecule has 1 aliphatic heterocycles. The monoisotopic (exact) mass is 279 g/mol. The predicted octanol–water partition coefficient (Wildman–Crippen LogP) is -0.0961. The number of anilines is 1. The molecule has 3 N–H and O–H groups in total. The molecule has 0 aromatic carbocycles. The van der Waals surface area contributed by atoms with Crippen LogP contribution in [0, 0.1) is 0 Å². The summed E-state index contributed by atoms with van der Waals surface area (Å²) in [6.07, 6.45) is 2.26. The Hall–Kier alpha value is -2.38. The summed E-state index contributed by atoms with van der Waals surface area (Å²) >= 11 is 0. The van der Waals surface area contributed by atoms with Crippen LogP contribution in [0.4, 0.5) is 10.6 Å². The van der Waals surface area contributed by atoms with E-state index in [9.17, 15) is 14.4 Å². The molecular formula is C12H17N5O3. The van der Waals surface area contributed by atoms with E-state index < -0.39 is 6.03 Å². The van der Waals surface area contributed by atoms with Crippen LogP contribution >= 0.6 is 0 Å². The second kappa shape index (κ2) is 6.69. The molecule has 8 heteroatoms. The average molecular weight is 279 g/mol. The number of hydrogen-bond donors (Lipinski definition) is 3. The number of amides is 3. The second-order valence-electron chi connectivity index (χ2n) is 4.53. The van der Waals surface area contributed by atoms with E-state index in [0.717, 1.165) is 13.0 Å². The van der Waals surface area contributed by atoms with Crippen molar-refractivity contribution in [2.45, 2.75) is 19.3 Å². The van der Waals surface area contributed by atoms with Gasteiger partial charge in [0.2, 0.25) is 5.91 Å². The minimum Gasteiger partial charge on any atom is -0.343 e. The van der Waals surface area contributed by atoms with Crippen molar-refractivity contribution in [1.82, 2.24) is 20.4 Å². The van der Waals surface area contributed by atoms with E-state index in [-0.39, 0.29) is 17.3 Å². The highest BCUT2D eigenvalue weighted by Gasteiger charge is 2.18. The summed E-state index contributed by atoms with van der Waals surface area (Å²) in [5.41, 5.74) is -0.328. The molecule has 0 spiro atoms. The third-order valence-corrected chi connectivity index (χ3v) is 2.98. The van der Waals surface area contributed by atoms with Crippen LogP contribution in [0.1, 0.15) is 19.3 Å². The lowest BCUT2D eigenvalue weighted by Gasteiger charge is -2.15.